The van der Waals surface area contributed by atoms with E-state index in [0.717, 1.165) is 22.5 Å². The van der Waals surface area contributed by atoms with Gasteiger partial charge in [-0.1, -0.05) is 35.3 Å². The van der Waals surface area contributed by atoms with Gasteiger partial charge in [-0.05, 0) is 35.9 Å². The number of fused-ring (bicyclic) bond motifs is 1. The third kappa shape index (κ3) is 2.81. The van der Waals surface area contributed by atoms with Crippen LogP contribution in [0.5, 0.6) is 0 Å². The molecule has 0 aliphatic carbocycles. The van der Waals surface area contributed by atoms with Crippen LogP contribution in [0.2, 0.25) is 10.0 Å². The number of benzene rings is 2. The van der Waals surface area contributed by atoms with Crippen LogP contribution in [-0.4, -0.2) is 9.78 Å². The SMILES string of the molecule is Fc1ccccc1-c1c2c(nn1Cc1cc(Cl)cc(Cl)c1)CNC2. The highest BCUT2D eigenvalue weighted by Crippen LogP contribution is 2.32. The normalized spacial score (nSPS) is 13.3. The fraction of sp³-hybridized carbons (Fsp3) is 0.167. The molecule has 1 aliphatic heterocycles. The van der Waals surface area contributed by atoms with Gasteiger partial charge in [-0.3, -0.25) is 4.68 Å². The molecule has 1 N–H and O–H groups in total. The molecule has 3 aromatic rings. The van der Waals surface area contributed by atoms with Gasteiger partial charge in [-0.15, -0.1) is 0 Å². The summed E-state index contributed by atoms with van der Waals surface area (Å²) in [4.78, 5) is 0. The Bertz CT molecular complexity index is 900. The molecule has 0 radical (unpaired) electrons. The fourth-order valence-corrected chi connectivity index (χ4v) is 3.70. The first-order valence-corrected chi connectivity index (χ1v) is 8.36. The van der Waals surface area contributed by atoms with Crippen LogP contribution in [0.25, 0.3) is 11.3 Å². The number of aromatic nitrogens is 2. The van der Waals surface area contributed by atoms with Crippen molar-refractivity contribution in [3.05, 3.63) is 75.1 Å². The molecule has 1 aliphatic rings. The summed E-state index contributed by atoms with van der Waals surface area (Å²) >= 11 is 12.2. The molecule has 0 fully saturated rings. The molecule has 0 saturated heterocycles. The predicted octanol–water partition coefficient (Wildman–Crippen LogP) is 4.65. The Morgan fingerprint density at radius 2 is 1.83 bits per heavy atom. The minimum absolute atomic E-state index is 0.252. The molecule has 0 spiro atoms. The molecular weight excluding hydrogens is 348 g/mol. The van der Waals surface area contributed by atoms with Gasteiger partial charge in [-0.2, -0.15) is 5.10 Å². The quantitative estimate of drug-likeness (QED) is 0.735. The summed E-state index contributed by atoms with van der Waals surface area (Å²) in [5, 5.41) is 9.08. The Labute approximate surface area is 149 Å². The van der Waals surface area contributed by atoms with E-state index in [4.69, 9.17) is 23.2 Å². The van der Waals surface area contributed by atoms with Gasteiger partial charge >= 0.3 is 0 Å². The van der Waals surface area contributed by atoms with E-state index in [9.17, 15) is 4.39 Å². The van der Waals surface area contributed by atoms with Crippen molar-refractivity contribution in [1.82, 2.24) is 15.1 Å². The van der Waals surface area contributed by atoms with Gasteiger partial charge in [0.25, 0.3) is 0 Å². The second-order valence-corrected chi connectivity index (χ2v) is 6.67. The first-order valence-electron chi connectivity index (χ1n) is 7.61. The molecule has 0 atom stereocenters. The van der Waals surface area contributed by atoms with Gasteiger partial charge in [0, 0.05) is 34.3 Å². The maximum Gasteiger partial charge on any atom is 0.132 e. The third-order valence-electron chi connectivity index (χ3n) is 4.11. The standard InChI is InChI=1S/C18H14Cl2FN3/c19-12-5-11(6-13(20)7-12)10-24-18(14-3-1-2-4-16(14)21)15-8-22-9-17(15)23-24/h1-7,22H,8-10H2. The Morgan fingerprint density at radius 3 is 2.58 bits per heavy atom. The van der Waals surface area contributed by atoms with Crippen molar-refractivity contribution in [2.45, 2.75) is 19.6 Å². The van der Waals surface area contributed by atoms with E-state index in [1.54, 1.807) is 18.2 Å². The van der Waals surface area contributed by atoms with Crippen LogP contribution >= 0.6 is 23.2 Å². The first kappa shape index (κ1) is 15.6. The van der Waals surface area contributed by atoms with E-state index in [2.05, 4.69) is 10.4 Å². The lowest BCUT2D eigenvalue weighted by molar-refractivity contribution is 0.619. The van der Waals surface area contributed by atoms with E-state index in [1.165, 1.54) is 6.07 Å². The molecule has 0 unspecified atom stereocenters. The van der Waals surface area contributed by atoms with Gasteiger partial charge in [-0.25, -0.2) is 4.39 Å². The van der Waals surface area contributed by atoms with Crippen molar-refractivity contribution in [3.8, 4) is 11.3 Å². The van der Waals surface area contributed by atoms with Crippen LogP contribution in [0, 0.1) is 5.82 Å². The highest BCUT2D eigenvalue weighted by atomic mass is 35.5. The van der Waals surface area contributed by atoms with Gasteiger partial charge in [0.2, 0.25) is 0 Å². The van der Waals surface area contributed by atoms with Crippen LogP contribution in [0.4, 0.5) is 4.39 Å². The number of nitrogens with zero attached hydrogens (tertiary/aromatic N) is 2. The summed E-state index contributed by atoms with van der Waals surface area (Å²) < 4.78 is 16.2. The summed E-state index contributed by atoms with van der Waals surface area (Å²) in [5.74, 6) is -0.252. The van der Waals surface area contributed by atoms with Crippen molar-refractivity contribution in [1.29, 1.82) is 0 Å². The van der Waals surface area contributed by atoms with Gasteiger partial charge in [0.1, 0.15) is 5.82 Å². The molecule has 0 bridgehead atoms. The molecule has 24 heavy (non-hydrogen) atoms. The van der Waals surface area contributed by atoms with Crippen molar-refractivity contribution >= 4 is 23.2 Å². The van der Waals surface area contributed by atoms with E-state index < -0.39 is 0 Å². The van der Waals surface area contributed by atoms with Crippen molar-refractivity contribution in [2.24, 2.45) is 0 Å². The summed E-state index contributed by atoms with van der Waals surface area (Å²) in [6, 6.07) is 12.2. The van der Waals surface area contributed by atoms with Gasteiger partial charge < -0.3 is 5.32 Å². The van der Waals surface area contributed by atoms with Crippen molar-refractivity contribution in [3.63, 3.8) is 0 Å². The number of halogens is 3. The van der Waals surface area contributed by atoms with Crippen LogP contribution in [0.1, 0.15) is 16.8 Å². The molecule has 122 valence electrons. The number of nitrogens with one attached hydrogen (secondary N) is 1. The monoisotopic (exact) mass is 361 g/mol. The second kappa shape index (κ2) is 6.20. The fourth-order valence-electron chi connectivity index (χ4n) is 3.13. The Kier molecular flexibility index (Phi) is 4.04. The van der Waals surface area contributed by atoms with Crippen LogP contribution in [-0.2, 0) is 19.6 Å². The third-order valence-corrected chi connectivity index (χ3v) is 4.55. The molecule has 0 amide bonds. The highest BCUT2D eigenvalue weighted by Gasteiger charge is 2.24. The highest BCUT2D eigenvalue weighted by molar-refractivity contribution is 6.34. The maximum absolute atomic E-state index is 14.4. The number of hydrogen-bond acceptors (Lipinski definition) is 2. The zero-order valence-electron chi connectivity index (χ0n) is 12.7. The molecule has 3 nitrogen and oxygen atoms in total. The lowest BCUT2D eigenvalue weighted by atomic mass is 10.1. The average molecular weight is 362 g/mol. The zero-order valence-corrected chi connectivity index (χ0v) is 14.2. The molecule has 6 heteroatoms. The molecule has 0 saturated carbocycles. The van der Waals surface area contributed by atoms with E-state index in [1.807, 2.05) is 22.9 Å². The van der Waals surface area contributed by atoms with E-state index >= 15 is 0 Å². The average Bonchev–Trinajstić information content (AvgIpc) is 3.08. The Morgan fingerprint density at radius 1 is 1.08 bits per heavy atom. The van der Waals surface area contributed by atoms with Crippen LogP contribution in [0.15, 0.2) is 42.5 Å². The van der Waals surface area contributed by atoms with Crippen molar-refractivity contribution < 1.29 is 4.39 Å². The minimum atomic E-state index is -0.252. The molecule has 4 rings (SSSR count). The lowest BCUT2D eigenvalue weighted by Gasteiger charge is -2.11. The topological polar surface area (TPSA) is 29.9 Å². The minimum Gasteiger partial charge on any atom is -0.307 e. The maximum atomic E-state index is 14.4. The summed E-state index contributed by atoms with van der Waals surface area (Å²) in [5.41, 5.74) is 4.31. The van der Waals surface area contributed by atoms with Gasteiger partial charge in [0.05, 0.1) is 17.9 Å². The molecule has 2 aromatic carbocycles. The molecule has 2 heterocycles. The molecule has 1 aromatic heterocycles. The summed E-state index contributed by atoms with van der Waals surface area (Å²) in [6.45, 7) is 1.87. The molecular formula is C18H14Cl2FN3. The largest absolute Gasteiger partial charge is 0.307 e. The van der Waals surface area contributed by atoms with Crippen LogP contribution < -0.4 is 5.32 Å². The zero-order chi connectivity index (χ0) is 16.7. The summed E-state index contributed by atoms with van der Waals surface area (Å²) in [7, 11) is 0. The predicted molar refractivity (Wildman–Crippen MR) is 93.7 cm³/mol. The second-order valence-electron chi connectivity index (χ2n) is 5.79. The summed E-state index contributed by atoms with van der Waals surface area (Å²) in [6.07, 6.45) is 0. The van der Waals surface area contributed by atoms with Crippen molar-refractivity contribution in [2.75, 3.05) is 0 Å². The van der Waals surface area contributed by atoms with Gasteiger partial charge in [0.15, 0.2) is 0 Å². The number of rotatable bonds is 3. The van der Waals surface area contributed by atoms with Crippen LogP contribution in [0.3, 0.4) is 0 Å². The number of hydrogen-bond donors (Lipinski definition) is 1. The first-order chi connectivity index (χ1) is 11.6. The lowest BCUT2D eigenvalue weighted by Crippen LogP contribution is -2.10. The smallest absolute Gasteiger partial charge is 0.132 e. The van der Waals surface area contributed by atoms with E-state index in [-0.39, 0.29) is 5.82 Å². The van der Waals surface area contributed by atoms with E-state index in [0.29, 0.717) is 35.2 Å². The Balaban J connectivity index is 1.83. The Hall–Kier alpha value is -1.88.